The third-order valence-electron chi connectivity index (χ3n) is 2.33. The molecule has 0 aliphatic rings. The largest absolute Gasteiger partial charge is 0.491 e. The van der Waals surface area contributed by atoms with Crippen molar-refractivity contribution in [2.24, 2.45) is 0 Å². The molecule has 0 heterocycles. The highest BCUT2D eigenvalue weighted by Crippen LogP contribution is 2.11. The lowest BCUT2D eigenvalue weighted by molar-refractivity contribution is 0.1000. The fourth-order valence-corrected chi connectivity index (χ4v) is 1.32. The minimum atomic E-state index is -0.560. The highest BCUT2D eigenvalue weighted by atomic mass is 16.5. The molecule has 18 heavy (non-hydrogen) atoms. The number of hydrogen-bond donors (Lipinski definition) is 2. The molecule has 0 amide bonds. The van der Waals surface area contributed by atoms with Crippen molar-refractivity contribution in [1.29, 1.82) is 0 Å². The molecule has 1 unspecified atom stereocenters. The monoisotopic (exact) mass is 251 g/mol. The summed E-state index contributed by atoms with van der Waals surface area (Å²) in [6.45, 7) is 6.83. The first kappa shape index (κ1) is 14.7. The van der Waals surface area contributed by atoms with Crippen LogP contribution in [-0.2, 0) is 0 Å². The molecule has 1 aromatic carbocycles. The lowest BCUT2D eigenvalue weighted by Gasteiger charge is -2.22. The summed E-state index contributed by atoms with van der Waals surface area (Å²) in [5.74, 6) is 0.649. The summed E-state index contributed by atoms with van der Waals surface area (Å²) in [6, 6.07) is 6.80. The molecule has 0 fully saturated rings. The minimum absolute atomic E-state index is 0.0212. The number of nitrogens with one attached hydrogen (secondary N) is 1. The van der Waals surface area contributed by atoms with Crippen molar-refractivity contribution >= 4 is 6.29 Å². The lowest BCUT2D eigenvalue weighted by Crippen LogP contribution is -2.42. The van der Waals surface area contributed by atoms with Crippen LogP contribution in [0.5, 0.6) is 5.75 Å². The van der Waals surface area contributed by atoms with Crippen LogP contribution in [0.15, 0.2) is 24.3 Å². The van der Waals surface area contributed by atoms with Gasteiger partial charge in [-0.25, -0.2) is 0 Å². The minimum Gasteiger partial charge on any atom is -0.491 e. The van der Waals surface area contributed by atoms with Crippen molar-refractivity contribution in [3.8, 4) is 5.75 Å². The molecule has 0 aromatic heterocycles. The summed E-state index contributed by atoms with van der Waals surface area (Å²) in [4.78, 5) is 10.5. The van der Waals surface area contributed by atoms with E-state index in [9.17, 15) is 9.90 Å². The molecule has 0 saturated carbocycles. The highest BCUT2D eigenvalue weighted by Gasteiger charge is 2.12. The van der Waals surface area contributed by atoms with Crippen LogP contribution in [0.1, 0.15) is 31.1 Å². The second-order valence-electron chi connectivity index (χ2n) is 5.28. The van der Waals surface area contributed by atoms with Crippen LogP contribution in [0.2, 0.25) is 0 Å². The Morgan fingerprint density at radius 3 is 2.44 bits per heavy atom. The van der Waals surface area contributed by atoms with Gasteiger partial charge in [0.1, 0.15) is 24.7 Å². The summed E-state index contributed by atoms with van der Waals surface area (Å²) in [6.07, 6.45) is 0.223. The van der Waals surface area contributed by atoms with E-state index in [0.717, 1.165) is 6.29 Å². The maximum absolute atomic E-state index is 10.5. The number of ether oxygens (including phenoxy) is 1. The van der Waals surface area contributed by atoms with Crippen LogP contribution in [0.4, 0.5) is 0 Å². The van der Waals surface area contributed by atoms with Gasteiger partial charge in [0.2, 0.25) is 0 Å². The van der Waals surface area contributed by atoms with Gasteiger partial charge >= 0.3 is 0 Å². The zero-order chi connectivity index (χ0) is 13.6. The van der Waals surface area contributed by atoms with Crippen molar-refractivity contribution in [2.75, 3.05) is 13.2 Å². The van der Waals surface area contributed by atoms with Gasteiger partial charge in [0.15, 0.2) is 0 Å². The van der Waals surface area contributed by atoms with Gasteiger partial charge < -0.3 is 15.2 Å². The molecule has 1 atom stereocenters. The molecule has 0 aliphatic heterocycles. The van der Waals surface area contributed by atoms with Gasteiger partial charge in [0, 0.05) is 17.6 Å². The molecule has 2 N–H and O–H groups in total. The maximum atomic E-state index is 10.5. The molecule has 0 aliphatic carbocycles. The number of carbonyl (C=O) groups excluding carboxylic acids is 1. The molecule has 1 aromatic rings. The first-order chi connectivity index (χ1) is 8.40. The van der Waals surface area contributed by atoms with E-state index in [1.807, 2.05) is 20.8 Å². The van der Waals surface area contributed by atoms with Crippen molar-refractivity contribution in [3.05, 3.63) is 29.8 Å². The fourth-order valence-electron chi connectivity index (χ4n) is 1.32. The Bertz CT molecular complexity index is 368. The zero-order valence-electron chi connectivity index (χ0n) is 11.1. The third kappa shape index (κ3) is 5.80. The fraction of sp³-hybridized carbons (Fsp3) is 0.500. The van der Waals surface area contributed by atoms with E-state index >= 15 is 0 Å². The predicted molar refractivity (Wildman–Crippen MR) is 71.1 cm³/mol. The number of aldehydes is 1. The molecule has 100 valence electrons. The van der Waals surface area contributed by atoms with Crippen LogP contribution < -0.4 is 10.1 Å². The topological polar surface area (TPSA) is 58.6 Å². The molecule has 1 rings (SSSR count). The van der Waals surface area contributed by atoms with E-state index in [1.165, 1.54) is 0 Å². The Labute approximate surface area is 108 Å². The first-order valence-corrected chi connectivity index (χ1v) is 6.02. The standard InChI is InChI=1S/C14H21NO3/c1-14(2,3)15-8-12(17)10-18-13-6-4-11(9-16)5-7-13/h4-7,9,12,15,17H,8,10H2,1-3H3. The zero-order valence-corrected chi connectivity index (χ0v) is 11.1. The van der Waals surface area contributed by atoms with Gasteiger partial charge in [-0.2, -0.15) is 0 Å². The van der Waals surface area contributed by atoms with Crippen LogP contribution in [-0.4, -0.2) is 36.2 Å². The molecule has 0 bridgehead atoms. The average molecular weight is 251 g/mol. The highest BCUT2D eigenvalue weighted by molar-refractivity contribution is 5.74. The van der Waals surface area contributed by atoms with Crippen molar-refractivity contribution in [3.63, 3.8) is 0 Å². The molecule has 4 nitrogen and oxygen atoms in total. The molecule has 0 radical (unpaired) electrons. The molecule has 4 heteroatoms. The van der Waals surface area contributed by atoms with E-state index in [1.54, 1.807) is 24.3 Å². The molecular weight excluding hydrogens is 230 g/mol. The van der Waals surface area contributed by atoms with E-state index in [2.05, 4.69) is 5.32 Å². The summed E-state index contributed by atoms with van der Waals surface area (Å²) in [5, 5.41) is 12.9. The van der Waals surface area contributed by atoms with Crippen LogP contribution >= 0.6 is 0 Å². The van der Waals surface area contributed by atoms with Gasteiger partial charge in [-0.3, -0.25) is 4.79 Å². The van der Waals surface area contributed by atoms with Gasteiger partial charge in [-0.05, 0) is 45.0 Å². The third-order valence-corrected chi connectivity index (χ3v) is 2.33. The van der Waals surface area contributed by atoms with Crippen molar-refractivity contribution < 1.29 is 14.6 Å². The number of benzene rings is 1. The smallest absolute Gasteiger partial charge is 0.150 e. The van der Waals surface area contributed by atoms with Gasteiger partial charge in [0.05, 0.1) is 0 Å². The Balaban J connectivity index is 2.33. The second-order valence-corrected chi connectivity index (χ2v) is 5.28. The summed E-state index contributed by atoms with van der Waals surface area (Å²) >= 11 is 0. The van der Waals surface area contributed by atoms with Crippen LogP contribution in [0.25, 0.3) is 0 Å². The number of β-amino-alcohol motifs (C(OH)–C–C–N with tert-alkyl or cyclic N) is 1. The number of carbonyl (C=O) groups is 1. The second kappa shape index (κ2) is 6.52. The lowest BCUT2D eigenvalue weighted by atomic mass is 10.1. The maximum Gasteiger partial charge on any atom is 0.150 e. The normalized spacial score (nSPS) is 13.1. The molecule has 0 spiro atoms. The number of aliphatic hydroxyl groups is 1. The molecule has 0 saturated heterocycles. The first-order valence-electron chi connectivity index (χ1n) is 6.02. The summed E-state index contributed by atoms with van der Waals surface area (Å²) < 4.78 is 5.43. The summed E-state index contributed by atoms with van der Waals surface area (Å²) in [5.41, 5.74) is 0.587. The Morgan fingerprint density at radius 1 is 1.33 bits per heavy atom. The predicted octanol–water partition coefficient (Wildman–Crippen LogP) is 1.63. The van der Waals surface area contributed by atoms with E-state index in [-0.39, 0.29) is 12.1 Å². The Hall–Kier alpha value is -1.39. The van der Waals surface area contributed by atoms with E-state index < -0.39 is 6.10 Å². The van der Waals surface area contributed by atoms with Crippen molar-refractivity contribution in [1.82, 2.24) is 5.32 Å². The van der Waals surface area contributed by atoms with Crippen LogP contribution in [0, 0.1) is 0 Å². The molecular formula is C14H21NO3. The van der Waals surface area contributed by atoms with Gasteiger partial charge in [-0.1, -0.05) is 0 Å². The summed E-state index contributed by atoms with van der Waals surface area (Å²) in [7, 11) is 0. The average Bonchev–Trinajstić information content (AvgIpc) is 2.33. The van der Waals surface area contributed by atoms with E-state index in [0.29, 0.717) is 17.9 Å². The SMILES string of the molecule is CC(C)(C)NCC(O)COc1ccc(C=O)cc1. The number of aliphatic hydroxyl groups excluding tert-OH is 1. The quantitative estimate of drug-likeness (QED) is 0.754. The van der Waals surface area contributed by atoms with E-state index in [4.69, 9.17) is 4.74 Å². The Kier molecular flexibility index (Phi) is 5.31. The number of rotatable bonds is 6. The van der Waals surface area contributed by atoms with Crippen molar-refractivity contribution in [2.45, 2.75) is 32.4 Å². The van der Waals surface area contributed by atoms with Gasteiger partial charge in [-0.15, -0.1) is 0 Å². The van der Waals surface area contributed by atoms with Crippen LogP contribution in [0.3, 0.4) is 0 Å². The Morgan fingerprint density at radius 2 is 1.94 bits per heavy atom. The van der Waals surface area contributed by atoms with Gasteiger partial charge in [0.25, 0.3) is 0 Å². The number of hydrogen-bond acceptors (Lipinski definition) is 4.